The van der Waals surface area contributed by atoms with E-state index in [1.807, 2.05) is 26.0 Å². The molecule has 11 nitrogen and oxygen atoms in total. The SMILES string of the molecule is CC=C(C(=O)OC1Cc2c(c(Cc3ccnc(N)c3)c3oc(CO)cc(=O)c3c2O)OC1(C)CCc1ccc(N)nc1)C1CCCC1. The lowest BCUT2D eigenvalue weighted by Crippen LogP contribution is -2.52. The Morgan fingerprint density at radius 2 is 1.91 bits per heavy atom. The third-order valence-electron chi connectivity index (χ3n) is 9.48. The second-order valence-electron chi connectivity index (χ2n) is 12.7. The highest BCUT2D eigenvalue weighted by Crippen LogP contribution is 2.48. The summed E-state index contributed by atoms with van der Waals surface area (Å²) in [5.41, 5.74) is 13.5. The van der Waals surface area contributed by atoms with E-state index in [4.69, 9.17) is 25.4 Å². The molecule has 246 valence electrons. The van der Waals surface area contributed by atoms with Gasteiger partial charge < -0.3 is 35.6 Å². The first-order valence-electron chi connectivity index (χ1n) is 16.0. The van der Waals surface area contributed by atoms with E-state index in [-0.39, 0.29) is 41.2 Å². The predicted octanol–water partition coefficient (Wildman–Crippen LogP) is 4.91. The van der Waals surface area contributed by atoms with Crippen LogP contribution in [0, 0.1) is 5.92 Å². The summed E-state index contributed by atoms with van der Waals surface area (Å²) in [6.07, 6.45) is 9.58. The summed E-state index contributed by atoms with van der Waals surface area (Å²) in [6, 6.07) is 8.29. The van der Waals surface area contributed by atoms with Gasteiger partial charge in [0.1, 0.15) is 58.2 Å². The third kappa shape index (κ3) is 6.40. The molecule has 1 fully saturated rings. The zero-order valence-electron chi connectivity index (χ0n) is 26.6. The lowest BCUT2D eigenvalue weighted by Gasteiger charge is -2.43. The number of carbonyl (C=O) groups excluding carboxylic acids is 1. The van der Waals surface area contributed by atoms with Gasteiger partial charge in [-0.25, -0.2) is 14.8 Å². The highest BCUT2D eigenvalue weighted by molar-refractivity contribution is 5.91. The maximum Gasteiger partial charge on any atom is 0.334 e. The highest BCUT2D eigenvalue weighted by atomic mass is 16.6. The van der Waals surface area contributed by atoms with Crippen molar-refractivity contribution in [1.82, 2.24) is 9.97 Å². The quantitative estimate of drug-likeness (QED) is 0.144. The number of aliphatic hydroxyl groups is 1. The van der Waals surface area contributed by atoms with E-state index in [1.165, 1.54) is 0 Å². The zero-order valence-corrected chi connectivity index (χ0v) is 26.6. The summed E-state index contributed by atoms with van der Waals surface area (Å²) in [6.45, 7) is 3.23. The van der Waals surface area contributed by atoms with E-state index in [0.717, 1.165) is 42.9 Å². The van der Waals surface area contributed by atoms with Crippen LogP contribution >= 0.6 is 0 Å². The number of nitrogens with two attached hydrogens (primary N) is 2. The molecular weight excluding hydrogens is 600 g/mol. The van der Waals surface area contributed by atoms with Crippen molar-refractivity contribution in [2.24, 2.45) is 5.92 Å². The molecule has 2 unspecified atom stereocenters. The fourth-order valence-corrected chi connectivity index (χ4v) is 6.89. The molecule has 3 aromatic heterocycles. The summed E-state index contributed by atoms with van der Waals surface area (Å²) in [5, 5.41) is 21.5. The van der Waals surface area contributed by atoms with Crippen LogP contribution in [0.15, 0.2) is 63.6 Å². The normalized spacial score (nSPS) is 19.8. The van der Waals surface area contributed by atoms with E-state index >= 15 is 0 Å². The second kappa shape index (κ2) is 13.1. The molecule has 4 aromatic rings. The lowest BCUT2D eigenvalue weighted by molar-refractivity contribution is -0.159. The zero-order chi connectivity index (χ0) is 33.3. The van der Waals surface area contributed by atoms with Gasteiger partial charge in [-0.15, -0.1) is 0 Å². The Kier molecular flexibility index (Phi) is 8.92. The standard InChI is InChI=1S/C36H40N4O7/c1-3-24(22-6-4-5-7-22)35(44)46-28-17-25-32(43)31-27(42)16-23(19-41)45-34(31)26(14-21-11-13-39-30(38)15-21)33(25)47-36(28,2)12-10-20-8-9-29(37)40-18-20/h3,8-9,11,13,15-16,18,22,28,41,43H,4-7,10,12,14,17,19H2,1-2H3,(H2,37,40)(H2,38,39). The van der Waals surface area contributed by atoms with Crippen molar-refractivity contribution in [3.63, 3.8) is 0 Å². The average Bonchev–Trinajstić information content (AvgIpc) is 3.58. The van der Waals surface area contributed by atoms with Gasteiger partial charge in [-0.1, -0.05) is 25.0 Å². The number of phenolic OH excluding ortho intramolecular Hbond substituents is 1. The van der Waals surface area contributed by atoms with Crippen LogP contribution < -0.4 is 21.6 Å². The maximum absolute atomic E-state index is 13.8. The van der Waals surface area contributed by atoms with Crippen molar-refractivity contribution in [1.29, 1.82) is 0 Å². The van der Waals surface area contributed by atoms with Crippen molar-refractivity contribution in [2.75, 3.05) is 11.5 Å². The van der Waals surface area contributed by atoms with Crippen LogP contribution in [0.1, 0.15) is 74.0 Å². The van der Waals surface area contributed by atoms with Gasteiger partial charge in [-0.2, -0.15) is 0 Å². The number of nitrogens with zero attached hydrogens (tertiary/aromatic N) is 2. The molecule has 1 saturated carbocycles. The molecule has 2 atom stereocenters. The van der Waals surface area contributed by atoms with Gasteiger partial charge in [0.25, 0.3) is 0 Å². The molecular formula is C36H40N4O7. The fraction of sp³-hybridized carbons (Fsp3) is 0.389. The molecule has 1 aromatic carbocycles. The van der Waals surface area contributed by atoms with E-state index in [1.54, 1.807) is 30.6 Å². The van der Waals surface area contributed by atoms with Gasteiger partial charge in [-0.3, -0.25) is 4.79 Å². The Labute approximate surface area is 272 Å². The number of nitrogen functional groups attached to an aromatic ring is 2. The van der Waals surface area contributed by atoms with E-state index < -0.39 is 29.7 Å². The number of aromatic nitrogens is 2. The molecule has 1 aliphatic carbocycles. The summed E-state index contributed by atoms with van der Waals surface area (Å²) in [5.74, 6) is 0.524. The van der Waals surface area contributed by atoms with Crippen LogP contribution in [0.5, 0.6) is 11.5 Å². The van der Waals surface area contributed by atoms with Crippen LogP contribution in [-0.2, 0) is 35.4 Å². The van der Waals surface area contributed by atoms with Gasteiger partial charge >= 0.3 is 5.97 Å². The second-order valence-corrected chi connectivity index (χ2v) is 12.7. The number of fused-ring (bicyclic) bond motifs is 2. The molecule has 1 aliphatic heterocycles. The molecule has 4 heterocycles. The Bertz CT molecular complexity index is 1900. The Morgan fingerprint density at radius 1 is 1.13 bits per heavy atom. The fourth-order valence-electron chi connectivity index (χ4n) is 6.89. The number of phenols is 1. The van der Waals surface area contributed by atoms with Crippen LogP contribution in [0.2, 0.25) is 0 Å². The minimum Gasteiger partial charge on any atom is -0.507 e. The van der Waals surface area contributed by atoms with E-state index in [9.17, 15) is 19.8 Å². The Hall–Kier alpha value is -4.90. The van der Waals surface area contributed by atoms with Crippen LogP contribution in [0.3, 0.4) is 0 Å². The van der Waals surface area contributed by atoms with Gasteiger partial charge in [0.2, 0.25) is 0 Å². The Morgan fingerprint density at radius 3 is 2.60 bits per heavy atom. The summed E-state index contributed by atoms with van der Waals surface area (Å²) >= 11 is 0. The topological polar surface area (TPSA) is 184 Å². The van der Waals surface area contributed by atoms with Gasteiger partial charge in [0, 0.05) is 48.0 Å². The number of carbonyl (C=O) groups is 1. The third-order valence-corrected chi connectivity index (χ3v) is 9.48. The summed E-state index contributed by atoms with van der Waals surface area (Å²) in [7, 11) is 0. The lowest BCUT2D eigenvalue weighted by atomic mass is 9.82. The number of benzene rings is 1. The van der Waals surface area contributed by atoms with Crippen molar-refractivity contribution < 1.29 is 28.9 Å². The molecule has 0 bridgehead atoms. The first kappa shape index (κ1) is 32.1. The molecule has 47 heavy (non-hydrogen) atoms. The number of pyridine rings is 2. The van der Waals surface area contributed by atoms with Crippen molar-refractivity contribution in [3.05, 3.63) is 92.6 Å². The number of hydrogen-bond donors (Lipinski definition) is 4. The Balaban J connectivity index is 1.48. The van der Waals surface area contributed by atoms with E-state index in [2.05, 4.69) is 9.97 Å². The predicted molar refractivity (Wildman–Crippen MR) is 177 cm³/mol. The molecule has 6 rings (SSSR count). The number of rotatable bonds is 9. The molecule has 0 spiro atoms. The number of allylic oxidation sites excluding steroid dienone is 1. The van der Waals surface area contributed by atoms with Crippen molar-refractivity contribution in [2.45, 2.75) is 83.5 Å². The number of esters is 1. The average molecular weight is 641 g/mol. The smallest absolute Gasteiger partial charge is 0.334 e. The molecule has 2 aliphatic rings. The minimum absolute atomic E-state index is 0.0386. The largest absolute Gasteiger partial charge is 0.507 e. The maximum atomic E-state index is 13.8. The molecule has 11 heteroatoms. The molecule has 0 saturated heterocycles. The minimum atomic E-state index is -1.07. The summed E-state index contributed by atoms with van der Waals surface area (Å²) < 4.78 is 19.2. The van der Waals surface area contributed by atoms with E-state index in [0.29, 0.717) is 46.9 Å². The highest BCUT2D eigenvalue weighted by Gasteiger charge is 2.46. The number of hydrogen-bond acceptors (Lipinski definition) is 11. The first-order valence-corrected chi connectivity index (χ1v) is 16.0. The van der Waals surface area contributed by atoms with Crippen molar-refractivity contribution in [3.8, 4) is 11.5 Å². The van der Waals surface area contributed by atoms with Gasteiger partial charge in [0.15, 0.2) is 5.43 Å². The molecule has 0 radical (unpaired) electrons. The monoisotopic (exact) mass is 640 g/mol. The van der Waals surface area contributed by atoms with Gasteiger partial charge in [-0.05, 0) is 74.8 Å². The van der Waals surface area contributed by atoms with Crippen LogP contribution in [0.4, 0.5) is 11.6 Å². The summed E-state index contributed by atoms with van der Waals surface area (Å²) in [4.78, 5) is 35.4. The number of aromatic hydroxyl groups is 1. The number of aryl methyl sites for hydroxylation is 1. The number of aliphatic hydroxyl groups excluding tert-OH is 1. The first-order chi connectivity index (χ1) is 22.6. The van der Waals surface area contributed by atoms with Crippen molar-refractivity contribution >= 4 is 28.6 Å². The van der Waals surface area contributed by atoms with Crippen LogP contribution in [0.25, 0.3) is 11.0 Å². The number of ether oxygens (including phenoxy) is 2. The van der Waals surface area contributed by atoms with Gasteiger partial charge in [0.05, 0.1) is 0 Å². The van der Waals surface area contributed by atoms with Crippen LogP contribution in [-0.4, -0.2) is 37.9 Å². The number of anilines is 2. The molecule has 6 N–H and O–H groups in total. The molecule has 0 amide bonds.